The monoisotopic (exact) mass is 300 g/mol. The van der Waals surface area contributed by atoms with Gasteiger partial charge in [-0.25, -0.2) is 9.37 Å². The van der Waals surface area contributed by atoms with Crippen LogP contribution in [0.3, 0.4) is 0 Å². The predicted molar refractivity (Wildman–Crippen MR) is 64.4 cm³/mol. The molecule has 7 heteroatoms. The van der Waals surface area contributed by atoms with E-state index in [9.17, 15) is 17.6 Å². The summed E-state index contributed by atoms with van der Waals surface area (Å²) in [5.74, 6) is -0.579. The van der Waals surface area contributed by atoms with Crippen molar-refractivity contribution < 1.29 is 17.6 Å². The number of pyridine rings is 1. The number of nitriles is 1. The van der Waals surface area contributed by atoms with Crippen LogP contribution in [0, 0.1) is 17.1 Å². The standard InChI is InChI=1S/C13H5ClF4N2/c14-12-8(6-19)5-10(11(20-12)13(16,17)18)7-1-3-9(15)4-2-7/h1-5H. The molecule has 2 rings (SSSR count). The van der Waals surface area contributed by atoms with E-state index >= 15 is 0 Å². The zero-order valence-electron chi connectivity index (χ0n) is 9.67. The topological polar surface area (TPSA) is 36.7 Å². The van der Waals surface area contributed by atoms with Gasteiger partial charge in [0.15, 0.2) is 5.69 Å². The molecule has 0 fully saturated rings. The summed E-state index contributed by atoms with van der Waals surface area (Å²) in [6.45, 7) is 0. The first-order valence-electron chi connectivity index (χ1n) is 5.26. The minimum Gasteiger partial charge on any atom is -0.230 e. The van der Waals surface area contributed by atoms with E-state index in [1.165, 1.54) is 12.1 Å². The van der Waals surface area contributed by atoms with Crippen molar-refractivity contribution in [1.29, 1.82) is 5.26 Å². The molecule has 1 aromatic carbocycles. The summed E-state index contributed by atoms with van der Waals surface area (Å²) < 4.78 is 51.7. The Hall–Kier alpha value is -2.13. The summed E-state index contributed by atoms with van der Waals surface area (Å²) in [6, 6.07) is 7.05. The molecule has 0 atom stereocenters. The summed E-state index contributed by atoms with van der Waals surface area (Å²) in [5, 5.41) is 8.29. The Morgan fingerprint density at radius 3 is 2.25 bits per heavy atom. The van der Waals surface area contributed by atoms with E-state index in [-0.39, 0.29) is 16.7 Å². The summed E-state index contributed by atoms with van der Waals surface area (Å²) in [7, 11) is 0. The summed E-state index contributed by atoms with van der Waals surface area (Å²) in [6.07, 6.45) is -4.73. The molecular formula is C13H5ClF4N2. The fourth-order valence-electron chi connectivity index (χ4n) is 1.63. The molecule has 0 aliphatic carbocycles. The van der Waals surface area contributed by atoms with Gasteiger partial charge < -0.3 is 0 Å². The normalized spacial score (nSPS) is 11.2. The van der Waals surface area contributed by atoms with E-state index in [0.717, 1.165) is 18.2 Å². The maximum atomic E-state index is 13.0. The van der Waals surface area contributed by atoms with Crippen molar-refractivity contribution in [1.82, 2.24) is 4.98 Å². The average molecular weight is 301 g/mol. The van der Waals surface area contributed by atoms with Crippen molar-refractivity contribution in [3.63, 3.8) is 0 Å². The molecule has 0 spiro atoms. The average Bonchev–Trinajstić information content (AvgIpc) is 2.38. The molecule has 102 valence electrons. The maximum absolute atomic E-state index is 13.0. The Labute approximate surface area is 116 Å². The summed E-state index contributed by atoms with van der Waals surface area (Å²) >= 11 is 5.53. The van der Waals surface area contributed by atoms with Gasteiger partial charge in [0, 0.05) is 5.56 Å². The number of hydrogen-bond donors (Lipinski definition) is 0. The maximum Gasteiger partial charge on any atom is 0.434 e. The number of nitrogens with zero attached hydrogens (tertiary/aromatic N) is 2. The van der Waals surface area contributed by atoms with Crippen LogP contribution in [0.4, 0.5) is 17.6 Å². The largest absolute Gasteiger partial charge is 0.434 e. The van der Waals surface area contributed by atoms with Crippen LogP contribution >= 0.6 is 11.6 Å². The Morgan fingerprint density at radius 1 is 1.15 bits per heavy atom. The van der Waals surface area contributed by atoms with Gasteiger partial charge in [0.25, 0.3) is 0 Å². The Kier molecular flexibility index (Phi) is 3.64. The van der Waals surface area contributed by atoms with Crippen LogP contribution in [-0.2, 0) is 6.18 Å². The molecule has 2 nitrogen and oxygen atoms in total. The number of halogens is 5. The molecule has 0 unspecified atom stereocenters. The molecule has 0 amide bonds. The lowest BCUT2D eigenvalue weighted by Crippen LogP contribution is -2.11. The molecule has 1 heterocycles. The summed E-state index contributed by atoms with van der Waals surface area (Å²) in [5.41, 5.74) is -1.62. The third-order valence-corrected chi connectivity index (χ3v) is 2.81. The molecule has 0 aliphatic rings. The molecule has 0 aliphatic heterocycles. The van der Waals surface area contributed by atoms with Gasteiger partial charge >= 0.3 is 6.18 Å². The van der Waals surface area contributed by atoms with Gasteiger partial charge in [-0.3, -0.25) is 0 Å². The number of hydrogen-bond acceptors (Lipinski definition) is 2. The molecule has 20 heavy (non-hydrogen) atoms. The Morgan fingerprint density at radius 2 is 1.75 bits per heavy atom. The third-order valence-electron chi connectivity index (χ3n) is 2.52. The SMILES string of the molecule is N#Cc1cc(-c2ccc(F)cc2)c(C(F)(F)F)nc1Cl. The second kappa shape index (κ2) is 5.10. The first-order chi connectivity index (χ1) is 9.32. The van der Waals surface area contributed by atoms with E-state index in [0.29, 0.717) is 0 Å². The smallest absolute Gasteiger partial charge is 0.230 e. The Balaban J connectivity index is 2.73. The third kappa shape index (κ3) is 2.73. The van der Waals surface area contributed by atoms with E-state index in [1.54, 1.807) is 6.07 Å². The van der Waals surface area contributed by atoms with Gasteiger partial charge in [0.2, 0.25) is 0 Å². The number of rotatable bonds is 1. The van der Waals surface area contributed by atoms with Crippen molar-refractivity contribution >= 4 is 11.6 Å². The second-order valence-electron chi connectivity index (χ2n) is 3.84. The molecule has 1 aromatic heterocycles. The van der Waals surface area contributed by atoms with Gasteiger partial charge in [-0.15, -0.1) is 0 Å². The van der Waals surface area contributed by atoms with Crippen molar-refractivity contribution in [3.8, 4) is 17.2 Å². The van der Waals surface area contributed by atoms with Crippen LogP contribution in [0.25, 0.3) is 11.1 Å². The van der Waals surface area contributed by atoms with Gasteiger partial charge in [0.1, 0.15) is 17.0 Å². The van der Waals surface area contributed by atoms with Crippen LogP contribution in [0.2, 0.25) is 5.15 Å². The molecule has 0 saturated carbocycles. The van der Waals surface area contributed by atoms with Crippen LogP contribution in [0.5, 0.6) is 0 Å². The lowest BCUT2D eigenvalue weighted by Gasteiger charge is -2.13. The van der Waals surface area contributed by atoms with Crippen LogP contribution < -0.4 is 0 Å². The molecule has 2 aromatic rings. The number of alkyl halides is 3. The van der Waals surface area contributed by atoms with E-state index in [1.807, 2.05) is 0 Å². The molecular weight excluding hydrogens is 296 g/mol. The van der Waals surface area contributed by atoms with E-state index < -0.39 is 22.8 Å². The molecule has 0 N–H and O–H groups in total. The van der Waals surface area contributed by atoms with Gasteiger partial charge in [0.05, 0.1) is 5.56 Å². The minimum atomic E-state index is -4.73. The van der Waals surface area contributed by atoms with Crippen molar-refractivity contribution in [2.24, 2.45) is 0 Å². The lowest BCUT2D eigenvalue weighted by molar-refractivity contribution is -0.140. The fourth-order valence-corrected chi connectivity index (χ4v) is 1.82. The van der Waals surface area contributed by atoms with E-state index in [4.69, 9.17) is 16.9 Å². The number of aromatic nitrogens is 1. The quantitative estimate of drug-likeness (QED) is 0.577. The molecule has 0 radical (unpaired) electrons. The first kappa shape index (κ1) is 14.3. The highest BCUT2D eigenvalue weighted by atomic mass is 35.5. The van der Waals surface area contributed by atoms with Crippen LogP contribution in [0.1, 0.15) is 11.3 Å². The van der Waals surface area contributed by atoms with Gasteiger partial charge in [-0.1, -0.05) is 23.7 Å². The minimum absolute atomic E-state index is 0.0967. The zero-order valence-corrected chi connectivity index (χ0v) is 10.4. The molecule has 0 bridgehead atoms. The first-order valence-corrected chi connectivity index (χ1v) is 5.64. The van der Waals surface area contributed by atoms with Crippen LogP contribution in [0.15, 0.2) is 30.3 Å². The van der Waals surface area contributed by atoms with Crippen molar-refractivity contribution in [2.45, 2.75) is 6.18 Å². The van der Waals surface area contributed by atoms with Crippen molar-refractivity contribution in [3.05, 3.63) is 52.6 Å². The second-order valence-corrected chi connectivity index (χ2v) is 4.20. The fraction of sp³-hybridized carbons (Fsp3) is 0.0769. The highest BCUT2D eigenvalue weighted by molar-refractivity contribution is 6.30. The number of benzene rings is 1. The van der Waals surface area contributed by atoms with Crippen LogP contribution in [-0.4, -0.2) is 4.98 Å². The lowest BCUT2D eigenvalue weighted by atomic mass is 10.0. The zero-order chi connectivity index (χ0) is 14.9. The predicted octanol–water partition coefficient (Wildman–Crippen LogP) is 4.43. The van der Waals surface area contributed by atoms with Crippen molar-refractivity contribution in [2.75, 3.05) is 0 Å². The molecule has 0 saturated heterocycles. The van der Waals surface area contributed by atoms with Gasteiger partial charge in [-0.2, -0.15) is 18.4 Å². The highest BCUT2D eigenvalue weighted by Crippen LogP contribution is 2.37. The van der Waals surface area contributed by atoms with E-state index in [2.05, 4.69) is 4.98 Å². The Bertz CT molecular complexity index is 687. The summed E-state index contributed by atoms with van der Waals surface area (Å²) in [4.78, 5) is 3.24. The van der Waals surface area contributed by atoms with Gasteiger partial charge in [-0.05, 0) is 23.8 Å². The highest BCUT2D eigenvalue weighted by Gasteiger charge is 2.36.